The Balaban J connectivity index is 1.36. The highest BCUT2D eigenvalue weighted by molar-refractivity contribution is 5.76. The van der Waals surface area contributed by atoms with Gasteiger partial charge < -0.3 is 14.6 Å². The fourth-order valence-electron chi connectivity index (χ4n) is 4.27. The molecule has 2 amide bonds. The molecule has 0 saturated carbocycles. The molecule has 1 saturated heterocycles. The third kappa shape index (κ3) is 4.42. The standard InChI is InChI=1S/C24H29N3O3/c1-26-21-14-13-19(17-22(21)30-24(26)29)20-12-6-8-16-27(20)23(28)25-15-7-5-11-18-9-3-2-4-10-18/h2-4,9-10,13-14,17,20H,5-8,11-12,15-16H2,1H3,(H,25,28). The number of aromatic nitrogens is 1. The Morgan fingerprint density at radius 3 is 2.80 bits per heavy atom. The third-order valence-corrected chi connectivity index (χ3v) is 5.98. The van der Waals surface area contributed by atoms with E-state index in [0.717, 1.165) is 56.1 Å². The average molecular weight is 408 g/mol. The second-order valence-electron chi connectivity index (χ2n) is 8.03. The summed E-state index contributed by atoms with van der Waals surface area (Å²) < 4.78 is 6.84. The zero-order valence-corrected chi connectivity index (χ0v) is 17.5. The van der Waals surface area contributed by atoms with Gasteiger partial charge in [-0.15, -0.1) is 0 Å². The van der Waals surface area contributed by atoms with Gasteiger partial charge in [0.05, 0.1) is 11.6 Å². The Morgan fingerprint density at radius 1 is 1.13 bits per heavy atom. The smallest absolute Gasteiger partial charge is 0.408 e. The number of unbranched alkanes of at least 4 members (excludes halogenated alkanes) is 1. The summed E-state index contributed by atoms with van der Waals surface area (Å²) >= 11 is 0. The summed E-state index contributed by atoms with van der Waals surface area (Å²) in [5.41, 5.74) is 3.71. The van der Waals surface area contributed by atoms with Crippen molar-refractivity contribution in [3.8, 4) is 0 Å². The van der Waals surface area contributed by atoms with Gasteiger partial charge in [-0.05, 0) is 61.8 Å². The lowest BCUT2D eigenvalue weighted by Gasteiger charge is -2.36. The van der Waals surface area contributed by atoms with Crippen LogP contribution in [0.4, 0.5) is 4.79 Å². The molecule has 3 aromatic rings. The van der Waals surface area contributed by atoms with E-state index in [0.29, 0.717) is 12.1 Å². The minimum Gasteiger partial charge on any atom is -0.408 e. The number of nitrogens with zero attached hydrogens (tertiary/aromatic N) is 2. The van der Waals surface area contributed by atoms with Crippen LogP contribution in [0.2, 0.25) is 0 Å². The number of carbonyl (C=O) groups excluding carboxylic acids is 1. The maximum atomic E-state index is 12.9. The van der Waals surface area contributed by atoms with E-state index < -0.39 is 0 Å². The van der Waals surface area contributed by atoms with Crippen molar-refractivity contribution in [2.24, 2.45) is 7.05 Å². The molecule has 0 aliphatic carbocycles. The van der Waals surface area contributed by atoms with E-state index in [1.807, 2.05) is 29.2 Å². The Bertz CT molecular complexity index is 1050. The second kappa shape index (κ2) is 9.20. The number of likely N-dealkylation sites (tertiary alicyclic amines) is 1. The number of nitrogens with one attached hydrogen (secondary N) is 1. The van der Waals surface area contributed by atoms with Crippen molar-refractivity contribution in [3.63, 3.8) is 0 Å². The van der Waals surface area contributed by atoms with Crippen LogP contribution in [0, 0.1) is 0 Å². The molecule has 0 bridgehead atoms. The Hall–Kier alpha value is -3.02. The summed E-state index contributed by atoms with van der Waals surface area (Å²) in [7, 11) is 1.70. The van der Waals surface area contributed by atoms with E-state index in [-0.39, 0.29) is 17.8 Å². The summed E-state index contributed by atoms with van der Waals surface area (Å²) in [4.78, 5) is 26.6. The third-order valence-electron chi connectivity index (χ3n) is 5.98. The van der Waals surface area contributed by atoms with E-state index in [4.69, 9.17) is 4.42 Å². The number of rotatable bonds is 6. The Kier molecular flexibility index (Phi) is 6.21. The number of aryl methyl sites for hydroxylation is 2. The van der Waals surface area contributed by atoms with Crippen molar-refractivity contribution in [3.05, 3.63) is 70.2 Å². The molecule has 1 aliphatic heterocycles. The van der Waals surface area contributed by atoms with E-state index in [2.05, 4.69) is 29.6 Å². The number of carbonyl (C=O) groups is 1. The minimum atomic E-state index is -0.365. The van der Waals surface area contributed by atoms with Gasteiger partial charge in [0, 0.05) is 20.1 Å². The Morgan fingerprint density at radius 2 is 1.97 bits per heavy atom. The van der Waals surface area contributed by atoms with Crippen molar-refractivity contribution >= 4 is 17.1 Å². The molecule has 1 unspecified atom stereocenters. The van der Waals surface area contributed by atoms with Gasteiger partial charge in [0.1, 0.15) is 0 Å². The molecule has 1 N–H and O–H groups in total. The summed E-state index contributed by atoms with van der Waals surface area (Å²) in [5, 5.41) is 3.10. The van der Waals surface area contributed by atoms with Crippen molar-refractivity contribution < 1.29 is 9.21 Å². The zero-order chi connectivity index (χ0) is 20.9. The van der Waals surface area contributed by atoms with Crippen LogP contribution in [0.15, 0.2) is 57.7 Å². The van der Waals surface area contributed by atoms with Crippen LogP contribution in [0.5, 0.6) is 0 Å². The molecule has 6 nitrogen and oxygen atoms in total. The highest BCUT2D eigenvalue weighted by Crippen LogP contribution is 2.32. The number of benzene rings is 2. The predicted octanol–water partition coefficient (Wildman–Crippen LogP) is 4.39. The number of fused-ring (bicyclic) bond motifs is 1. The molecule has 1 fully saturated rings. The van der Waals surface area contributed by atoms with Crippen LogP contribution in [0.3, 0.4) is 0 Å². The molecule has 0 radical (unpaired) electrons. The molecule has 1 atom stereocenters. The van der Waals surface area contributed by atoms with Gasteiger partial charge >= 0.3 is 11.8 Å². The van der Waals surface area contributed by atoms with Crippen molar-refractivity contribution in [1.82, 2.24) is 14.8 Å². The van der Waals surface area contributed by atoms with Gasteiger partial charge in [-0.2, -0.15) is 0 Å². The first-order valence-corrected chi connectivity index (χ1v) is 10.8. The first kappa shape index (κ1) is 20.3. The first-order valence-electron chi connectivity index (χ1n) is 10.8. The molecule has 1 aliphatic rings. The molecule has 4 rings (SSSR count). The van der Waals surface area contributed by atoms with Crippen molar-refractivity contribution in [2.75, 3.05) is 13.1 Å². The molecule has 6 heteroatoms. The number of urea groups is 1. The van der Waals surface area contributed by atoms with E-state index in [1.165, 1.54) is 10.1 Å². The van der Waals surface area contributed by atoms with Crippen LogP contribution >= 0.6 is 0 Å². The normalized spacial score (nSPS) is 16.7. The van der Waals surface area contributed by atoms with Crippen molar-refractivity contribution in [2.45, 2.75) is 44.6 Å². The minimum absolute atomic E-state index is 0.00553. The van der Waals surface area contributed by atoms with Gasteiger partial charge in [-0.25, -0.2) is 9.59 Å². The predicted molar refractivity (Wildman–Crippen MR) is 118 cm³/mol. The van der Waals surface area contributed by atoms with Crippen LogP contribution in [-0.4, -0.2) is 28.6 Å². The monoisotopic (exact) mass is 407 g/mol. The quantitative estimate of drug-likeness (QED) is 0.616. The molecule has 1 aromatic heterocycles. The first-order chi connectivity index (χ1) is 14.6. The number of piperidine rings is 1. The highest BCUT2D eigenvalue weighted by atomic mass is 16.4. The number of oxazole rings is 1. The molecule has 158 valence electrons. The maximum Gasteiger partial charge on any atom is 0.419 e. The van der Waals surface area contributed by atoms with Crippen LogP contribution in [0.25, 0.3) is 11.1 Å². The molecule has 2 heterocycles. The molecular weight excluding hydrogens is 378 g/mol. The summed E-state index contributed by atoms with van der Waals surface area (Å²) in [5.74, 6) is -0.365. The lowest BCUT2D eigenvalue weighted by atomic mass is 9.95. The summed E-state index contributed by atoms with van der Waals surface area (Å²) in [6, 6.07) is 16.3. The highest BCUT2D eigenvalue weighted by Gasteiger charge is 2.28. The molecule has 0 spiro atoms. The number of hydrogen-bond donors (Lipinski definition) is 1. The fourth-order valence-corrected chi connectivity index (χ4v) is 4.27. The number of hydrogen-bond acceptors (Lipinski definition) is 3. The molecule has 2 aromatic carbocycles. The lowest BCUT2D eigenvalue weighted by Crippen LogP contribution is -2.44. The van der Waals surface area contributed by atoms with Gasteiger partial charge in [-0.1, -0.05) is 36.4 Å². The summed E-state index contributed by atoms with van der Waals surface area (Å²) in [6.45, 7) is 1.43. The lowest BCUT2D eigenvalue weighted by molar-refractivity contribution is 0.151. The van der Waals surface area contributed by atoms with Crippen LogP contribution in [-0.2, 0) is 13.5 Å². The van der Waals surface area contributed by atoms with E-state index in [9.17, 15) is 9.59 Å². The topological polar surface area (TPSA) is 67.5 Å². The van der Waals surface area contributed by atoms with E-state index >= 15 is 0 Å². The summed E-state index contributed by atoms with van der Waals surface area (Å²) in [6.07, 6.45) is 6.07. The molecular formula is C24H29N3O3. The SMILES string of the molecule is Cn1c(=O)oc2cc(C3CCCCN3C(=O)NCCCCc3ccccc3)ccc21. The van der Waals surface area contributed by atoms with Gasteiger partial charge in [0.15, 0.2) is 5.58 Å². The van der Waals surface area contributed by atoms with Gasteiger partial charge in [0.2, 0.25) is 0 Å². The maximum absolute atomic E-state index is 12.9. The largest absolute Gasteiger partial charge is 0.419 e. The molecule has 30 heavy (non-hydrogen) atoms. The van der Waals surface area contributed by atoms with Crippen LogP contribution in [0.1, 0.15) is 49.3 Å². The van der Waals surface area contributed by atoms with Crippen LogP contribution < -0.4 is 11.1 Å². The zero-order valence-electron chi connectivity index (χ0n) is 17.5. The fraction of sp³-hybridized carbons (Fsp3) is 0.417. The Labute approximate surface area is 176 Å². The van der Waals surface area contributed by atoms with Gasteiger partial charge in [-0.3, -0.25) is 4.57 Å². The van der Waals surface area contributed by atoms with E-state index in [1.54, 1.807) is 7.05 Å². The second-order valence-corrected chi connectivity index (χ2v) is 8.03. The van der Waals surface area contributed by atoms with Gasteiger partial charge in [0.25, 0.3) is 0 Å². The number of amides is 2. The average Bonchev–Trinajstić information content (AvgIpc) is 3.07. The van der Waals surface area contributed by atoms with Crippen molar-refractivity contribution in [1.29, 1.82) is 0 Å².